The number of nitrogens with zero attached hydrogens (tertiary/aromatic N) is 2. The Morgan fingerprint density at radius 3 is 2.56 bits per heavy atom. The van der Waals surface area contributed by atoms with Crippen molar-refractivity contribution >= 4 is 11.9 Å². The molecule has 3 aromatic rings. The predicted octanol–water partition coefficient (Wildman–Crippen LogP) is 5.25. The minimum Gasteiger partial charge on any atom is -0.294 e. The third-order valence-corrected chi connectivity index (χ3v) is 5.49. The molecule has 0 unspecified atom stereocenters. The van der Waals surface area contributed by atoms with E-state index < -0.39 is 0 Å². The smallest absolute Gasteiger partial charge is 0.163 e. The van der Waals surface area contributed by atoms with Crippen LogP contribution in [0.2, 0.25) is 0 Å². The molecule has 0 aliphatic heterocycles. The fraction of sp³-hybridized carbons (Fsp3) is 0.217. The van der Waals surface area contributed by atoms with Gasteiger partial charge in [0.1, 0.15) is 5.82 Å². The van der Waals surface area contributed by atoms with Crippen LogP contribution in [0.15, 0.2) is 66.4 Å². The summed E-state index contributed by atoms with van der Waals surface area (Å²) in [6.45, 7) is 4.21. The number of rotatable bonds is 4. The van der Waals surface area contributed by atoms with Crippen LogP contribution in [-0.2, 0) is 6.42 Å². The number of halogens is 1. The highest BCUT2D eigenvalue weighted by Gasteiger charge is 2.35. The van der Waals surface area contributed by atoms with E-state index >= 15 is 0 Å². The zero-order valence-corrected chi connectivity index (χ0v) is 15.4. The van der Waals surface area contributed by atoms with Crippen LogP contribution in [0.25, 0.3) is 11.8 Å². The van der Waals surface area contributed by atoms with Gasteiger partial charge < -0.3 is 0 Å². The molecule has 3 nitrogen and oxygen atoms in total. The molecule has 27 heavy (non-hydrogen) atoms. The summed E-state index contributed by atoms with van der Waals surface area (Å²) in [4.78, 5) is 12.8. The molecule has 4 rings (SSSR count). The summed E-state index contributed by atoms with van der Waals surface area (Å²) >= 11 is 0. The second-order valence-corrected chi connectivity index (χ2v) is 7.47. The number of aromatic nitrogens is 2. The Balaban J connectivity index is 1.64. The first-order valence-corrected chi connectivity index (χ1v) is 9.06. The van der Waals surface area contributed by atoms with E-state index in [1.54, 1.807) is 12.1 Å². The minimum atomic E-state index is -0.265. The molecule has 0 fully saturated rings. The van der Waals surface area contributed by atoms with Crippen molar-refractivity contribution in [3.63, 3.8) is 0 Å². The average Bonchev–Trinajstić information content (AvgIpc) is 3.05. The molecule has 1 heterocycles. The molecule has 0 N–H and O–H groups in total. The average molecular weight is 360 g/mol. The molecular weight excluding hydrogens is 339 g/mol. The van der Waals surface area contributed by atoms with Gasteiger partial charge in [-0.05, 0) is 54.7 Å². The molecule has 136 valence electrons. The summed E-state index contributed by atoms with van der Waals surface area (Å²) in [5.74, 6) is -0.112. The Bertz CT molecular complexity index is 1020. The molecule has 0 radical (unpaired) electrons. The molecule has 0 saturated heterocycles. The first-order valence-electron chi connectivity index (χ1n) is 9.06. The lowest BCUT2D eigenvalue weighted by Crippen LogP contribution is -2.28. The summed E-state index contributed by atoms with van der Waals surface area (Å²) in [6.07, 6.45) is 5.17. The van der Waals surface area contributed by atoms with Gasteiger partial charge in [-0.1, -0.05) is 42.8 Å². The van der Waals surface area contributed by atoms with Crippen molar-refractivity contribution in [1.29, 1.82) is 0 Å². The van der Waals surface area contributed by atoms with Crippen LogP contribution in [-0.4, -0.2) is 15.6 Å². The van der Waals surface area contributed by atoms with Gasteiger partial charge in [0.15, 0.2) is 5.78 Å². The second-order valence-electron chi connectivity index (χ2n) is 7.47. The second kappa shape index (κ2) is 6.62. The highest BCUT2D eigenvalue weighted by Crippen LogP contribution is 2.42. The van der Waals surface area contributed by atoms with E-state index in [0.717, 1.165) is 34.5 Å². The van der Waals surface area contributed by atoms with E-state index in [-0.39, 0.29) is 17.0 Å². The maximum atomic E-state index is 13.2. The molecule has 1 aromatic heterocycles. The highest BCUT2D eigenvalue weighted by atomic mass is 19.1. The van der Waals surface area contributed by atoms with Crippen molar-refractivity contribution in [2.24, 2.45) is 5.41 Å². The number of carbonyl (C=O) groups excluding carboxylic acids is 1. The molecule has 0 bridgehead atoms. The summed E-state index contributed by atoms with van der Waals surface area (Å²) in [7, 11) is 0. The van der Waals surface area contributed by atoms with E-state index in [0.29, 0.717) is 6.42 Å². The minimum absolute atomic E-state index is 0.153. The van der Waals surface area contributed by atoms with Gasteiger partial charge in [0, 0.05) is 12.0 Å². The fourth-order valence-electron chi connectivity index (χ4n) is 3.69. The van der Waals surface area contributed by atoms with Gasteiger partial charge in [-0.2, -0.15) is 5.10 Å². The van der Waals surface area contributed by atoms with Gasteiger partial charge in [-0.3, -0.25) is 4.79 Å². The monoisotopic (exact) mass is 360 g/mol. The van der Waals surface area contributed by atoms with E-state index in [2.05, 4.69) is 25.0 Å². The molecular formula is C23H21FN2O. The molecule has 0 amide bonds. The van der Waals surface area contributed by atoms with Gasteiger partial charge in [0.05, 0.1) is 17.6 Å². The first-order chi connectivity index (χ1) is 13.0. The summed E-state index contributed by atoms with van der Waals surface area (Å²) < 4.78 is 15.0. The largest absolute Gasteiger partial charge is 0.294 e. The zero-order chi connectivity index (χ0) is 19.0. The number of Topliss-reactive ketones (excluding diaryl/α,β-unsaturated/α-hetero) is 1. The van der Waals surface area contributed by atoms with Crippen LogP contribution in [0.5, 0.6) is 0 Å². The quantitative estimate of drug-likeness (QED) is 0.596. The lowest BCUT2D eigenvalue weighted by Gasteiger charge is -2.33. The number of benzene rings is 2. The normalized spacial score (nSPS) is 18.7. The number of ketones is 1. The maximum absolute atomic E-state index is 13.2. The van der Waals surface area contributed by atoms with Crippen LogP contribution in [0.3, 0.4) is 0 Å². The van der Waals surface area contributed by atoms with Crippen molar-refractivity contribution in [3.8, 4) is 5.69 Å². The Labute approximate surface area is 158 Å². The Morgan fingerprint density at radius 2 is 1.85 bits per heavy atom. The number of allylic oxidation sites excluding steroid dienone is 1. The molecule has 4 heteroatoms. The molecule has 1 atom stereocenters. The van der Waals surface area contributed by atoms with E-state index in [1.165, 1.54) is 12.1 Å². The third kappa shape index (κ3) is 3.23. The lowest BCUT2D eigenvalue weighted by atomic mass is 9.70. The van der Waals surface area contributed by atoms with Crippen LogP contribution in [0.1, 0.15) is 41.9 Å². The van der Waals surface area contributed by atoms with Crippen molar-refractivity contribution in [2.75, 3.05) is 0 Å². The Kier molecular flexibility index (Phi) is 4.27. The van der Waals surface area contributed by atoms with Crippen LogP contribution in [0, 0.1) is 11.2 Å². The number of fused-ring (bicyclic) bond motifs is 1. The summed E-state index contributed by atoms with van der Waals surface area (Å²) in [5, 5.41) is 4.50. The van der Waals surface area contributed by atoms with E-state index in [9.17, 15) is 9.18 Å². The lowest BCUT2D eigenvalue weighted by molar-refractivity contribution is 0.0938. The predicted molar refractivity (Wildman–Crippen MR) is 104 cm³/mol. The number of carbonyl (C=O) groups is 1. The fourth-order valence-corrected chi connectivity index (χ4v) is 3.69. The number of hydrogen-bond donors (Lipinski definition) is 0. The van der Waals surface area contributed by atoms with Gasteiger partial charge in [0.25, 0.3) is 0 Å². The molecule has 0 saturated carbocycles. The van der Waals surface area contributed by atoms with Crippen molar-refractivity contribution < 1.29 is 9.18 Å². The Hall–Kier alpha value is -3.01. The van der Waals surface area contributed by atoms with Gasteiger partial charge in [0.2, 0.25) is 0 Å². The topological polar surface area (TPSA) is 34.9 Å². The summed E-state index contributed by atoms with van der Waals surface area (Å²) in [6, 6.07) is 15.7. The van der Waals surface area contributed by atoms with E-state index in [1.807, 2.05) is 41.2 Å². The molecule has 1 aliphatic rings. The number of hydrogen-bond acceptors (Lipinski definition) is 2. The Morgan fingerprint density at radius 1 is 1.15 bits per heavy atom. The maximum Gasteiger partial charge on any atom is 0.163 e. The zero-order valence-electron chi connectivity index (χ0n) is 15.4. The van der Waals surface area contributed by atoms with Gasteiger partial charge >= 0.3 is 0 Å². The van der Waals surface area contributed by atoms with Gasteiger partial charge in [-0.15, -0.1) is 0 Å². The van der Waals surface area contributed by atoms with Crippen molar-refractivity contribution in [1.82, 2.24) is 9.78 Å². The van der Waals surface area contributed by atoms with Crippen LogP contribution >= 0.6 is 0 Å². The van der Waals surface area contributed by atoms with Crippen LogP contribution in [0.4, 0.5) is 4.39 Å². The third-order valence-electron chi connectivity index (χ3n) is 5.49. The highest BCUT2D eigenvalue weighted by molar-refractivity contribution is 5.96. The first kappa shape index (κ1) is 17.4. The summed E-state index contributed by atoms with van der Waals surface area (Å²) in [5.41, 5.74) is 4.60. The molecule has 0 spiro atoms. The van der Waals surface area contributed by atoms with Crippen molar-refractivity contribution in [3.05, 3.63) is 89.0 Å². The van der Waals surface area contributed by atoms with Crippen LogP contribution < -0.4 is 0 Å². The molecule has 2 aromatic carbocycles. The van der Waals surface area contributed by atoms with Crippen molar-refractivity contribution in [2.45, 2.75) is 26.7 Å². The van der Waals surface area contributed by atoms with Gasteiger partial charge in [-0.25, -0.2) is 9.07 Å². The SMILES string of the molecule is CC1=Cc2c(cnn2-c2ccc(F)cc2)C[C@@]1(C)CC(=O)c1ccccc1. The standard InChI is InChI=1S/C23H21FN2O/c1-16-12-21-18(15-25-26(21)20-10-8-19(24)9-11-20)13-23(16,2)14-22(27)17-6-4-3-5-7-17/h3-12,15H,13-14H2,1-2H3/t23-/m0/s1. The van der Waals surface area contributed by atoms with E-state index in [4.69, 9.17) is 0 Å². The molecule has 1 aliphatic carbocycles.